The van der Waals surface area contributed by atoms with E-state index in [0.717, 1.165) is 19.0 Å². The third-order valence-corrected chi connectivity index (χ3v) is 6.02. The Morgan fingerprint density at radius 1 is 0.927 bits per heavy atom. The molecule has 1 amide bonds. The molecule has 0 aromatic heterocycles. The summed E-state index contributed by atoms with van der Waals surface area (Å²) < 4.78 is 4.25. The maximum Gasteiger partial charge on any atom is 0.209 e. The number of amides is 1. The molecule has 41 heavy (non-hydrogen) atoms. The molecule has 2 aromatic rings. The molecule has 6 nitrogen and oxygen atoms in total. The molecule has 3 rings (SSSR count). The SMILES string of the molecule is C=O.C=O.CC.CCCc1ccc(C)cc1.CCN(c1ccccc1C)C1CCC(C)(C)C1.CN(C)C=O.COC. The highest BCUT2D eigenvalue weighted by Gasteiger charge is 2.34. The van der Waals surface area contributed by atoms with Crippen molar-refractivity contribution in [2.45, 2.75) is 93.5 Å². The number of methoxy groups -OCH3 is 1. The zero-order valence-electron chi connectivity index (χ0n) is 28.5. The fraction of sp³-hybridized carbons (Fsp3) is 0.571. The van der Waals surface area contributed by atoms with Crippen LogP contribution in [0.25, 0.3) is 0 Å². The number of carbonyl (C=O) groups is 3. The summed E-state index contributed by atoms with van der Waals surface area (Å²) in [4.78, 5) is 29.5. The van der Waals surface area contributed by atoms with Gasteiger partial charge >= 0.3 is 0 Å². The van der Waals surface area contributed by atoms with Crippen LogP contribution in [-0.4, -0.2) is 65.8 Å². The summed E-state index contributed by atoms with van der Waals surface area (Å²) in [6.45, 7) is 22.7. The van der Waals surface area contributed by atoms with Gasteiger partial charge in [0.25, 0.3) is 0 Å². The van der Waals surface area contributed by atoms with Crippen molar-refractivity contribution in [1.82, 2.24) is 4.90 Å². The van der Waals surface area contributed by atoms with Crippen LogP contribution >= 0.6 is 0 Å². The summed E-state index contributed by atoms with van der Waals surface area (Å²) in [6, 6.07) is 18.3. The second-order valence-electron chi connectivity index (χ2n) is 10.3. The number of ether oxygens (including phenoxy) is 1. The average Bonchev–Trinajstić information content (AvgIpc) is 3.35. The van der Waals surface area contributed by atoms with Gasteiger partial charge in [0.2, 0.25) is 6.41 Å². The van der Waals surface area contributed by atoms with Crippen molar-refractivity contribution in [3.63, 3.8) is 0 Å². The van der Waals surface area contributed by atoms with E-state index in [-0.39, 0.29) is 0 Å². The first-order valence-corrected chi connectivity index (χ1v) is 14.5. The molecule has 2 aromatic carbocycles. The largest absolute Gasteiger partial charge is 0.388 e. The van der Waals surface area contributed by atoms with Crippen LogP contribution in [0.15, 0.2) is 48.5 Å². The quantitative estimate of drug-likeness (QED) is 0.327. The predicted octanol–water partition coefficient (Wildman–Crippen LogP) is 7.97. The lowest BCUT2D eigenvalue weighted by atomic mass is 9.91. The lowest BCUT2D eigenvalue weighted by Crippen LogP contribution is -2.34. The second kappa shape index (κ2) is 30.0. The molecule has 0 N–H and O–H groups in total. The van der Waals surface area contributed by atoms with Gasteiger partial charge in [0.05, 0.1) is 0 Å². The number of benzene rings is 2. The fourth-order valence-electron chi connectivity index (χ4n) is 4.22. The molecule has 1 aliphatic rings. The molecular formula is C35H62N2O4. The lowest BCUT2D eigenvalue weighted by Gasteiger charge is -2.32. The van der Waals surface area contributed by atoms with Crippen molar-refractivity contribution >= 4 is 25.7 Å². The minimum atomic E-state index is 0.529. The van der Waals surface area contributed by atoms with E-state index in [1.165, 1.54) is 59.4 Å². The molecule has 1 unspecified atom stereocenters. The Bertz CT molecular complexity index is 836. The number of anilines is 1. The summed E-state index contributed by atoms with van der Waals surface area (Å²) in [7, 11) is 6.62. The Morgan fingerprint density at radius 2 is 1.39 bits per heavy atom. The van der Waals surface area contributed by atoms with E-state index in [1.807, 2.05) is 27.4 Å². The van der Waals surface area contributed by atoms with E-state index in [2.05, 4.69) is 99.7 Å². The van der Waals surface area contributed by atoms with Crippen molar-refractivity contribution in [2.75, 3.05) is 39.8 Å². The van der Waals surface area contributed by atoms with Gasteiger partial charge in [0.1, 0.15) is 13.6 Å². The van der Waals surface area contributed by atoms with E-state index < -0.39 is 0 Å². The highest BCUT2D eigenvalue weighted by Crippen LogP contribution is 2.41. The first kappa shape index (κ1) is 45.0. The molecule has 0 bridgehead atoms. The maximum absolute atomic E-state index is 9.43. The highest BCUT2D eigenvalue weighted by molar-refractivity contribution is 5.54. The Labute approximate surface area is 253 Å². The molecule has 0 heterocycles. The van der Waals surface area contributed by atoms with Crippen molar-refractivity contribution in [3.8, 4) is 0 Å². The monoisotopic (exact) mass is 574 g/mol. The minimum absolute atomic E-state index is 0.529. The molecule has 0 saturated heterocycles. The summed E-state index contributed by atoms with van der Waals surface area (Å²) in [5, 5.41) is 0. The van der Waals surface area contributed by atoms with Gasteiger partial charge < -0.3 is 24.1 Å². The number of nitrogens with zero attached hydrogens (tertiary/aromatic N) is 2. The van der Waals surface area contributed by atoms with Crippen LogP contribution in [-0.2, 0) is 25.5 Å². The van der Waals surface area contributed by atoms with Gasteiger partial charge in [-0.25, -0.2) is 0 Å². The van der Waals surface area contributed by atoms with Crippen LogP contribution in [0.1, 0.15) is 83.9 Å². The molecule has 1 atom stereocenters. The van der Waals surface area contributed by atoms with Gasteiger partial charge in [-0.3, -0.25) is 4.79 Å². The Morgan fingerprint density at radius 3 is 1.73 bits per heavy atom. The van der Waals surface area contributed by atoms with Gasteiger partial charge in [-0.05, 0) is 69.1 Å². The predicted molar refractivity (Wildman–Crippen MR) is 179 cm³/mol. The number of carbonyl (C=O) groups excluding carboxylic acids is 3. The third-order valence-electron chi connectivity index (χ3n) is 6.02. The molecule has 236 valence electrons. The van der Waals surface area contributed by atoms with E-state index in [9.17, 15) is 4.79 Å². The Kier molecular flexibility index (Phi) is 32.9. The number of rotatable bonds is 6. The molecular weight excluding hydrogens is 512 g/mol. The second-order valence-corrected chi connectivity index (χ2v) is 10.3. The van der Waals surface area contributed by atoms with E-state index in [0.29, 0.717) is 5.41 Å². The van der Waals surface area contributed by atoms with Crippen molar-refractivity contribution < 1.29 is 19.1 Å². The van der Waals surface area contributed by atoms with Gasteiger partial charge in [-0.1, -0.05) is 89.1 Å². The molecule has 0 aliphatic heterocycles. The van der Waals surface area contributed by atoms with Crippen LogP contribution in [0.5, 0.6) is 0 Å². The third kappa shape index (κ3) is 23.4. The Balaban J connectivity index is -0.000000243. The lowest BCUT2D eigenvalue weighted by molar-refractivity contribution is -0.116. The van der Waals surface area contributed by atoms with E-state index in [4.69, 9.17) is 9.59 Å². The first-order valence-electron chi connectivity index (χ1n) is 14.5. The first-order chi connectivity index (χ1) is 19.5. The zero-order valence-corrected chi connectivity index (χ0v) is 28.5. The molecule has 0 spiro atoms. The minimum Gasteiger partial charge on any atom is -0.388 e. The fourth-order valence-corrected chi connectivity index (χ4v) is 4.22. The van der Waals surface area contributed by atoms with Gasteiger partial charge in [-0.15, -0.1) is 0 Å². The molecule has 6 heteroatoms. The number of para-hydroxylation sites is 1. The van der Waals surface area contributed by atoms with Crippen LogP contribution in [0, 0.1) is 19.3 Å². The van der Waals surface area contributed by atoms with Crippen LogP contribution in [0.3, 0.4) is 0 Å². The summed E-state index contributed by atoms with van der Waals surface area (Å²) >= 11 is 0. The normalized spacial score (nSPS) is 13.4. The van der Waals surface area contributed by atoms with Crippen LogP contribution in [0.2, 0.25) is 0 Å². The average molecular weight is 575 g/mol. The number of aryl methyl sites for hydroxylation is 3. The standard InChI is InChI=1S/C16H25N.C10H14.C3H7NO.C2H6O.C2H6.2CH2O/c1-5-17(14-10-11-16(3,4)12-14)15-9-7-6-8-13(15)2;1-3-4-10-7-5-9(2)6-8-10;1-4(2)3-5;1-3-2;3*1-2/h6-9,14H,5,10-12H2,1-4H3;5-8H,3-4H2,1-2H3;3H,1-2H3;1-2H3;1-2H3;2*1H2. The van der Waals surface area contributed by atoms with E-state index in [1.54, 1.807) is 28.3 Å². The smallest absolute Gasteiger partial charge is 0.209 e. The van der Waals surface area contributed by atoms with Crippen molar-refractivity contribution in [3.05, 3.63) is 65.2 Å². The summed E-state index contributed by atoms with van der Waals surface area (Å²) in [6.07, 6.45) is 7.23. The molecule has 1 aliphatic carbocycles. The zero-order chi connectivity index (χ0) is 32.9. The molecule has 1 saturated carbocycles. The number of hydrogen-bond acceptors (Lipinski definition) is 5. The molecule has 0 radical (unpaired) electrons. The van der Waals surface area contributed by atoms with Crippen molar-refractivity contribution in [1.29, 1.82) is 0 Å². The van der Waals surface area contributed by atoms with E-state index >= 15 is 0 Å². The highest BCUT2D eigenvalue weighted by atomic mass is 16.4. The van der Waals surface area contributed by atoms with Crippen LogP contribution in [0.4, 0.5) is 5.69 Å². The molecule has 1 fully saturated rings. The topological polar surface area (TPSA) is 66.9 Å². The maximum atomic E-state index is 9.43. The van der Waals surface area contributed by atoms with Crippen LogP contribution < -0.4 is 4.90 Å². The van der Waals surface area contributed by atoms with Gasteiger partial charge in [0.15, 0.2) is 0 Å². The number of hydrogen-bond donors (Lipinski definition) is 0. The van der Waals surface area contributed by atoms with Gasteiger partial charge in [-0.2, -0.15) is 0 Å². The summed E-state index contributed by atoms with van der Waals surface area (Å²) in [5.41, 5.74) is 6.16. The van der Waals surface area contributed by atoms with Gasteiger partial charge in [0, 0.05) is 46.6 Å². The Hall–Kier alpha value is -2.99. The van der Waals surface area contributed by atoms with Crippen molar-refractivity contribution in [2.24, 2.45) is 5.41 Å². The summed E-state index contributed by atoms with van der Waals surface area (Å²) in [5.74, 6) is 0.